The van der Waals surface area contributed by atoms with Crippen LogP contribution in [0.1, 0.15) is 44.0 Å². The second-order valence-electron chi connectivity index (χ2n) is 6.63. The minimum atomic E-state index is -3.94. The number of hydrogen-bond donors (Lipinski definition) is 2. The van der Waals surface area contributed by atoms with Gasteiger partial charge in [0.2, 0.25) is 5.91 Å². The quantitative estimate of drug-likeness (QED) is 0.631. The van der Waals surface area contributed by atoms with Crippen molar-refractivity contribution in [3.8, 4) is 0 Å². The molecule has 1 heterocycles. The summed E-state index contributed by atoms with van der Waals surface area (Å²) in [5.41, 5.74) is 0.121. The number of quaternary nitrogens is 1. The first kappa shape index (κ1) is 20.4. The Bertz CT molecular complexity index is 759. The summed E-state index contributed by atoms with van der Waals surface area (Å²) in [6.07, 6.45) is 1.79. The van der Waals surface area contributed by atoms with Crippen molar-refractivity contribution in [2.24, 2.45) is 0 Å². The number of carbonyl (C=O) groups is 2. The summed E-state index contributed by atoms with van der Waals surface area (Å²) in [5.74, 6) is -1.11. The third kappa shape index (κ3) is 4.42. The van der Waals surface area contributed by atoms with E-state index in [0.717, 1.165) is 32.5 Å². The topological polar surface area (TPSA) is 88.0 Å². The van der Waals surface area contributed by atoms with Crippen LogP contribution in [0, 0.1) is 0 Å². The molecular formula is C18H28N3O4S+. The van der Waals surface area contributed by atoms with Crippen LogP contribution in [0.4, 0.5) is 0 Å². The van der Waals surface area contributed by atoms with Gasteiger partial charge in [-0.1, -0.05) is 12.1 Å². The first-order valence-electron chi connectivity index (χ1n) is 9.10. The molecular weight excluding hydrogens is 354 g/mol. The Labute approximate surface area is 155 Å². The van der Waals surface area contributed by atoms with Crippen molar-refractivity contribution in [1.82, 2.24) is 9.62 Å². The average molecular weight is 383 g/mol. The molecule has 0 aliphatic carbocycles. The Morgan fingerprint density at radius 2 is 1.88 bits per heavy atom. The lowest BCUT2D eigenvalue weighted by Gasteiger charge is -2.19. The van der Waals surface area contributed by atoms with Gasteiger partial charge in [-0.15, -0.1) is 0 Å². The van der Waals surface area contributed by atoms with Gasteiger partial charge in [0.05, 0.1) is 25.2 Å². The highest BCUT2D eigenvalue weighted by Crippen LogP contribution is 2.29. The number of nitrogens with one attached hydrogen (secondary N) is 2. The Kier molecular flexibility index (Phi) is 6.77. The standard InChI is InChI=1S/C18H27N3O4S/c1-4-20(5-2)12-8-9-14(3)19-17(22)13-21-18(23)15-10-6-7-11-16(15)26(21,24)25/h6-7,10-11,14H,4-5,8-9,12-13H2,1-3H3,(H,19,22)/p+1/t14-/m1/s1. The second-order valence-corrected chi connectivity index (χ2v) is 8.46. The third-order valence-electron chi connectivity index (χ3n) is 4.77. The Morgan fingerprint density at radius 1 is 1.23 bits per heavy atom. The molecule has 0 fully saturated rings. The fraction of sp³-hybridized carbons (Fsp3) is 0.556. The van der Waals surface area contributed by atoms with E-state index in [1.165, 1.54) is 17.0 Å². The van der Waals surface area contributed by atoms with E-state index in [1.807, 2.05) is 6.92 Å². The van der Waals surface area contributed by atoms with E-state index in [-0.39, 0.29) is 16.5 Å². The molecule has 1 aromatic carbocycles. The lowest BCUT2D eigenvalue weighted by atomic mass is 10.1. The predicted molar refractivity (Wildman–Crippen MR) is 98.4 cm³/mol. The third-order valence-corrected chi connectivity index (χ3v) is 6.56. The number of nitrogens with zero attached hydrogens (tertiary/aromatic N) is 1. The molecule has 0 saturated heterocycles. The van der Waals surface area contributed by atoms with Crippen molar-refractivity contribution < 1.29 is 22.9 Å². The lowest BCUT2D eigenvalue weighted by Crippen LogP contribution is -3.11. The monoisotopic (exact) mass is 382 g/mol. The van der Waals surface area contributed by atoms with Gasteiger partial charge in [0.15, 0.2) is 0 Å². The second kappa shape index (κ2) is 8.64. The van der Waals surface area contributed by atoms with Crippen molar-refractivity contribution in [3.63, 3.8) is 0 Å². The maximum absolute atomic E-state index is 12.5. The minimum Gasteiger partial charge on any atom is -0.352 e. The smallest absolute Gasteiger partial charge is 0.269 e. The van der Waals surface area contributed by atoms with Gasteiger partial charge in [0, 0.05) is 6.04 Å². The SMILES string of the molecule is CC[NH+](CC)CCC[C@@H](C)NC(=O)CN1C(=O)c2ccccc2S1(=O)=O. The van der Waals surface area contributed by atoms with Gasteiger partial charge in [-0.3, -0.25) is 9.59 Å². The first-order valence-corrected chi connectivity index (χ1v) is 10.5. The summed E-state index contributed by atoms with van der Waals surface area (Å²) in [5, 5.41) is 2.80. The molecule has 1 atom stereocenters. The van der Waals surface area contributed by atoms with Gasteiger partial charge in [-0.05, 0) is 45.7 Å². The summed E-state index contributed by atoms with van der Waals surface area (Å²) in [6.45, 7) is 8.90. The van der Waals surface area contributed by atoms with Crippen molar-refractivity contribution in [3.05, 3.63) is 29.8 Å². The van der Waals surface area contributed by atoms with Crippen LogP contribution in [0.3, 0.4) is 0 Å². The zero-order valence-corrected chi connectivity index (χ0v) is 16.4. The van der Waals surface area contributed by atoms with Crippen LogP contribution in [0.15, 0.2) is 29.2 Å². The molecule has 2 amide bonds. The van der Waals surface area contributed by atoms with E-state index >= 15 is 0 Å². The van der Waals surface area contributed by atoms with Crippen molar-refractivity contribution in [2.45, 2.75) is 44.6 Å². The molecule has 0 unspecified atom stereocenters. The molecule has 0 bridgehead atoms. The summed E-state index contributed by atoms with van der Waals surface area (Å²) in [6, 6.07) is 5.95. The predicted octanol–water partition coefficient (Wildman–Crippen LogP) is 0.0407. The van der Waals surface area contributed by atoms with E-state index in [0.29, 0.717) is 4.31 Å². The Morgan fingerprint density at radius 3 is 2.50 bits per heavy atom. The highest BCUT2D eigenvalue weighted by atomic mass is 32.2. The normalized spacial score (nSPS) is 16.6. The summed E-state index contributed by atoms with van der Waals surface area (Å²) >= 11 is 0. The number of amides is 2. The van der Waals surface area contributed by atoms with Gasteiger partial charge >= 0.3 is 0 Å². The van der Waals surface area contributed by atoms with E-state index in [2.05, 4.69) is 19.2 Å². The number of fused-ring (bicyclic) bond motifs is 1. The van der Waals surface area contributed by atoms with Gasteiger partial charge in [0.1, 0.15) is 11.4 Å². The fourth-order valence-corrected chi connectivity index (χ4v) is 4.70. The molecule has 0 radical (unpaired) electrons. The van der Waals surface area contributed by atoms with Crippen LogP contribution in [0.5, 0.6) is 0 Å². The molecule has 26 heavy (non-hydrogen) atoms. The zero-order chi connectivity index (χ0) is 19.3. The Balaban J connectivity index is 1.89. The number of sulfonamides is 1. The van der Waals surface area contributed by atoms with Crippen molar-refractivity contribution in [1.29, 1.82) is 0 Å². The minimum absolute atomic E-state index is 0.0342. The molecule has 1 aliphatic heterocycles. The van der Waals surface area contributed by atoms with Crippen LogP contribution in [0.25, 0.3) is 0 Å². The molecule has 2 rings (SSSR count). The van der Waals surface area contributed by atoms with Gasteiger partial charge < -0.3 is 10.2 Å². The van der Waals surface area contributed by atoms with E-state index < -0.39 is 28.4 Å². The van der Waals surface area contributed by atoms with E-state index in [9.17, 15) is 18.0 Å². The zero-order valence-electron chi connectivity index (χ0n) is 15.6. The number of rotatable bonds is 9. The molecule has 0 aromatic heterocycles. The van der Waals surface area contributed by atoms with Crippen LogP contribution in [-0.2, 0) is 14.8 Å². The maximum Gasteiger partial charge on any atom is 0.269 e. The maximum atomic E-state index is 12.5. The number of carbonyl (C=O) groups excluding carboxylic acids is 2. The summed E-state index contributed by atoms with van der Waals surface area (Å²) < 4.78 is 25.6. The summed E-state index contributed by atoms with van der Waals surface area (Å²) in [7, 11) is -3.94. The van der Waals surface area contributed by atoms with Crippen LogP contribution in [0.2, 0.25) is 0 Å². The average Bonchev–Trinajstić information content (AvgIpc) is 2.80. The first-order chi connectivity index (χ1) is 12.3. The Hall–Kier alpha value is -1.93. The molecule has 8 heteroatoms. The van der Waals surface area contributed by atoms with Crippen molar-refractivity contribution >= 4 is 21.8 Å². The fourth-order valence-electron chi connectivity index (χ4n) is 3.17. The van der Waals surface area contributed by atoms with E-state index in [4.69, 9.17) is 0 Å². The molecule has 0 spiro atoms. The molecule has 1 aromatic rings. The number of hydrogen-bond acceptors (Lipinski definition) is 4. The van der Waals surface area contributed by atoms with Crippen molar-refractivity contribution in [2.75, 3.05) is 26.2 Å². The van der Waals surface area contributed by atoms with Gasteiger partial charge in [-0.2, -0.15) is 0 Å². The van der Waals surface area contributed by atoms with Gasteiger partial charge in [-0.25, -0.2) is 12.7 Å². The molecule has 1 aliphatic rings. The highest BCUT2D eigenvalue weighted by molar-refractivity contribution is 7.90. The molecule has 0 saturated carbocycles. The molecule has 2 N–H and O–H groups in total. The lowest BCUT2D eigenvalue weighted by molar-refractivity contribution is -0.896. The van der Waals surface area contributed by atoms with Crippen LogP contribution in [-0.4, -0.2) is 56.8 Å². The highest BCUT2D eigenvalue weighted by Gasteiger charge is 2.41. The largest absolute Gasteiger partial charge is 0.352 e. The summed E-state index contributed by atoms with van der Waals surface area (Å²) in [4.78, 5) is 26.0. The van der Waals surface area contributed by atoms with Gasteiger partial charge in [0.25, 0.3) is 15.9 Å². The number of benzene rings is 1. The van der Waals surface area contributed by atoms with Crippen LogP contribution >= 0.6 is 0 Å². The molecule has 144 valence electrons. The molecule has 7 nitrogen and oxygen atoms in total. The van der Waals surface area contributed by atoms with E-state index in [1.54, 1.807) is 12.1 Å². The van der Waals surface area contributed by atoms with Crippen LogP contribution < -0.4 is 10.2 Å².